The molecule has 0 spiro atoms. The number of likely N-dealkylation sites (tertiary alicyclic amines) is 2. The highest BCUT2D eigenvalue weighted by atomic mass is 16.2. The Labute approximate surface area is 221 Å². The smallest absolute Gasteiger partial charge is 0.319 e. The van der Waals surface area contributed by atoms with E-state index in [1.165, 1.54) is 38.5 Å². The van der Waals surface area contributed by atoms with Crippen molar-refractivity contribution in [2.75, 3.05) is 63.0 Å². The van der Waals surface area contributed by atoms with Crippen LogP contribution in [0.25, 0.3) is 0 Å². The van der Waals surface area contributed by atoms with Crippen LogP contribution in [0.5, 0.6) is 0 Å². The standard InChI is InChI=1S/C29H42N6O2/c36-28(30-15-21-34-17-3-1-4-18-34)32-26-11-7-24(8-12-26)23-25-9-13-27(14-10-25)33-29(37)31-16-22-35-19-5-2-6-20-35/h7-14H,1-6,15-23H2,(H2,30,32,36)(H2,31,33,37). The van der Waals surface area contributed by atoms with Gasteiger partial charge < -0.3 is 31.1 Å². The molecule has 0 radical (unpaired) electrons. The lowest BCUT2D eigenvalue weighted by atomic mass is 10.0. The lowest BCUT2D eigenvalue weighted by molar-refractivity contribution is 0.224. The Balaban J connectivity index is 1.13. The van der Waals surface area contributed by atoms with Crippen molar-refractivity contribution in [1.29, 1.82) is 0 Å². The van der Waals surface area contributed by atoms with Gasteiger partial charge in [0.2, 0.25) is 0 Å². The van der Waals surface area contributed by atoms with Crippen molar-refractivity contribution in [2.24, 2.45) is 0 Å². The molecule has 4 amide bonds. The molecular weight excluding hydrogens is 464 g/mol. The molecular formula is C29H42N6O2. The Morgan fingerprint density at radius 1 is 0.568 bits per heavy atom. The number of hydrogen-bond acceptors (Lipinski definition) is 4. The van der Waals surface area contributed by atoms with Crippen LogP contribution in [-0.2, 0) is 6.42 Å². The fourth-order valence-corrected chi connectivity index (χ4v) is 5.02. The van der Waals surface area contributed by atoms with Crippen LogP contribution in [0, 0.1) is 0 Å². The summed E-state index contributed by atoms with van der Waals surface area (Å²) >= 11 is 0. The second-order valence-electron chi connectivity index (χ2n) is 10.1. The lowest BCUT2D eigenvalue weighted by Gasteiger charge is -2.26. The molecule has 2 aromatic carbocycles. The molecule has 0 aromatic heterocycles. The van der Waals surface area contributed by atoms with E-state index < -0.39 is 0 Å². The van der Waals surface area contributed by atoms with E-state index in [0.717, 1.165) is 68.2 Å². The summed E-state index contributed by atoms with van der Waals surface area (Å²) in [6.45, 7) is 7.69. The zero-order valence-corrected chi connectivity index (χ0v) is 21.9. The van der Waals surface area contributed by atoms with E-state index in [9.17, 15) is 9.59 Å². The molecule has 4 rings (SSSR count). The van der Waals surface area contributed by atoms with Crippen LogP contribution in [-0.4, -0.2) is 74.2 Å². The first kappa shape index (κ1) is 26.9. The minimum atomic E-state index is -0.164. The third-order valence-corrected chi connectivity index (χ3v) is 7.16. The van der Waals surface area contributed by atoms with E-state index in [0.29, 0.717) is 13.1 Å². The zero-order chi connectivity index (χ0) is 25.7. The molecule has 2 saturated heterocycles. The molecule has 4 N–H and O–H groups in total. The predicted octanol–water partition coefficient (Wildman–Crippen LogP) is 4.49. The fourth-order valence-electron chi connectivity index (χ4n) is 5.02. The van der Waals surface area contributed by atoms with Crippen LogP contribution >= 0.6 is 0 Å². The van der Waals surface area contributed by atoms with Crippen LogP contribution in [0.4, 0.5) is 21.0 Å². The fraction of sp³-hybridized carbons (Fsp3) is 0.517. The normalized spacial score (nSPS) is 16.6. The molecule has 2 aromatic rings. The van der Waals surface area contributed by atoms with Crippen molar-refractivity contribution in [3.8, 4) is 0 Å². The zero-order valence-electron chi connectivity index (χ0n) is 21.9. The predicted molar refractivity (Wildman–Crippen MR) is 150 cm³/mol. The highest BCUT2D eigenvalue weighted by molar-refractivity contribution is 5.89. The van der Waals surface area contributed by atoms with E-state index in [1.807, 2.05) is 48.5 Å². The first-order chi connectivity index (χ1) is 18.1. The van der Waals surface area contributed by atoms with Crippen molar-refractivity contribution >= 4 is 23.4 Å². The number of amides is 4. The summed E-state index contributed by atoms with van der Waals surface area (Å²) in [5, 5.41) is 11.7. The summed E-state index contributed by atoms with van der Waals surface area (Å²) in [5.41, 5.74) is 3.88. The minimum Gasteiger partial charge on any atom is -0.337 e. The first-order valence-corrected chi connectivity index (χ1v) is 13.9. The van der Waals surface area contributed by atoms with Gasteiger partial charge in [-0.2, -0.15) is 0 Å². The largest absolute Gasteiger partial charge is 0.337 e. The van der Waals surface area contributed by atoms with Crippen molar-refractivity contribution in [3.05, 3.63) is 59.7 Å². The van der Waals surface area contributed by atoms with Gasteiger partial charge in [-0.1, -0.05) is 37.1 Å². The molecule has 2 aliphatic heterocycles. The summed E-state index contributed by atoms with van der Waals surface area (Å²) in [6.07, 6.45) is 8.46. The maximum atomic E-state index is 12.2. The highest BCUT2D eigenvalue weighted by Crippen LogP contribution is 2.16. The number of carbonyl (C=O) groups excluding carboxylic acids is 2. The number of piperidine rings is 2. The molecule has 2 fully saturated rings. The van der Waals surface area contributed by atoms with E-state index >= 15 is 0 Å². The van der Waals surface area contributed by atoms with Gasteiger partial charge in [-0.25, -0.2) is 9.59 Å². The summed E-state index contributed by atoms with van der Waals surface area (Å²) in [7, 11) is 0. The summed E-state index contributed by atoms with van der Waals surface area (Å²) in [4.78, 5) is 29.2. The van der Waals surface area contributed by atoms with Crippen molar-refractivity contribution < 1.29 is 9.59 Å². The van der Waals surface area contributed by atoms with Crippen molar-refractivity contribution in [3.63, 3.8) is 0 Å². The van der Waals surface area contributed by atoms with Gasteiger partial charge in [0.1, 0.15) is 0 Å². The van der Waals surface area contributed by atoms with Crippen molar-refractivity contribution in [2.45, 2.75) is 44.9 Å². The molecule has 2 aliphatic rings. The maximum Gasteiger partial charge on any atom is 0.319 e. The van der Waals surface area contributed by atoms with Gasteiger partial charge in [-0.15, -0.1) is 0 Å². The highest BCUT2D eigenvalue weighted by Gasteiger charge is 2.11. The average Bonchev–Trinajstić information content (AvgIpc) is 2.92. The van der Waals surface area contributed by atoms with Gasteiger partial charge in [0.15, 0.2) is 0 Å². The quantitative estimate of drug-likeness (QED) is 0.382. The van der Waals surface area contributed by atoms with Crippen LogP contribution in [0.1, 0.15) is 49.7 Å². The minimum absolute atomic E-state index is 0.164. The Morgan fingerprint density at radius 3 is 1.32 bits per heavy atom. The van der Waals surface area contributed by atoms with Crippen molar-refractivity contribution in [1.82, 2.24) is 20.4 Å². The lowest BCUT2D eigenvalue weighted by Crippen LogP contribution is -2.39. The van der Waals surface area contributed by atoms with E-state index in [-0.39, 0.29) is 12.1 Å². The SMILES string of the molecule is O=C(NCCN1CCCCC1)Nc1ccc(Cc2ccc(NC(=O)NCCN3CCCCC3)cc2)cc1. The van der Waals surface area contributed by atoms with E-state index in [1.54, 1.807) is 0 Å². The number of hydrogen-bond donors (Lipinski definition) is 4. The molecule has 8 heteroatoms. The number of rotatable bonds is 10. The Morgan fingerprint density at radius 2 is 0.946 bits per heavy atom. The maximum absolute atomic E-state index is 12.2. The third kappa shape index (κ3) is 9.70. The van der Waals surface area contributed by atoms with Crippen LogP contribution in [0.2, 0.25) is 0 Å². The average molecular weight is 507 g/mol. The van der Waals surface area contributed by atoms with Crippen LogP contribution in [0.15, 0.2) is 48.5 Å². The second kappa shape index (κ2) is 14.6. The molecule has 8 nitrogen and oxygen atoms in total. The summed E-state index contributed by atoms with van der Waals surface area (Å²) in [5.74, 6) is 0. The van der Waals surface area contributed by atoms with Gasteiger partial charge in [-0.3, -0.25) is 0 Å². The molecule has 0 saturated carbocycles. The number of nitrogens with zero attached hydrogens (tertiary/aromatic N) is 2. The molecule has 0 atom stereocenters. The van der Waals surface area contributed by atoms with Crippen LogP contribution < -0.4 is 21.3 Å². The van der Waals surface area contributed by atoms with Gasteiger partial charge in [0.05, 0.1) is 0 Å². The van der Waals surface area contributed by atoms with Gasteiger partial charge in [-0.05, 0) is 93.7 Å². The third-order valence-electron chi connectivity index (χ3n) is 7.16. The Hall–Kier alpha value is -3.10. The number of urea groups is 2. The first-order valence-electron chi connectivity index (χ1n) is 13.9. The number of benzene rings is 2. The van der Waals surface area contributed by atoms with Gasteiger partial charge in [0, 0.05) is 37.6 Å². The molecule has 0 aliphatic carbocycles. The van der Waals surface area contributed by atoms with Gasteiger partial charge in [0.25, 0.3) is 0 Å². The van der Waals surface area contributed by atoms with Gasteiger partial charge >= 0.3 is 12.1 Å². The number of anilines is 2. The topological polar surface area (TPSA) is 88.7 Å². The summed E-state index contributed by atoms with van der Waals surface area (Å²) < 4.78 is 0. The number of carbonyl (C=O) groups is 2. The molecule has 0 bridgehead atoms. The van der Waals surface area contributed by atoms with E-state index in [4.69, 9.17) is 0 Å². The van der Waals surface area contributed by atoms with Crippen LogP contribution in [0.3, 0.4) is 0 Å². The molecule has 200 valence electrons. The molecule has 0 unspecified atom stereocenters. The molecule has 2 heterocycles. The Kier molecular flexibility index (Phi) is 10.6. The molecule has 37 heavy (non-hydrogen) atoms. The second-order valence-corrected chi connectivity index (χ2v) is 10.1. The monoisotopic (exact) mass is 506 g/mol. The van der Waals surface area contributed by atoms with E-state index in [2.05, 4.69) is 31.1 Å². The summed E-state index contributed by atoms with van der Waals surface area (Å²) in [6, 6.07) is 15.5. The number of nitrogens with one attached hydrogen (secondary N) is 4. The Bertz CT molecular complexity index is 887.